The van der Waals surface area contributed by atoms with Crippen LogP contribution in [0.15, 0.2) is 0 Å². The van der Waals surface area contributed by atoms with Crippen LogP contribution in [0, 0.1) is 5.41 Å². The van der Waals surface area contributed by atoms with Gasteiger partial charge in [0.1, 0.15) is 0 Å². The van der Waals surface area contributed by atoms with E-state index in [2.05, 4.69) is 5.32 Å². The Hall–Kier alpha value is -0.160. The number of aliphatic hydroxyl groups excluding tert-OH is 1. The van der Waals surface area contributed by atoms with Crippen molar-refractivity contribution in [2.45, 2.75) is 13.8 Å². The maximum absolute atomic E-state index is 8.98. The average molecular weight is 205 g/mol. The molecular formula is C10H23NO3. The fourth-order valence-electron chi connectivity index (χ4n) is 0.871. The van der Waals surface area contributed by atoms with Gasteiger partial charge >= 0.3 is 0 Å². The minimum atomic E-state index is -0.0491. The van der Waals surface area contributed by atoms with Gasteiger partial charge in [-0.05, 0) is 0 Å². The smallest absolute Gasteiger partial charge is 0.0700 e. The second-order valence-electron chi connectivity index (χ2n) is 4.10. The Morgan fingerprint density at radius 1 is 1.21 bits per heavy atom. The molecule has 0 atom stereocenters. The van der Waals surface area contributed by atoms with Crippen LogP contribution in [0.3, 0.4) is 0 Å². The van der Waals surface area contributed by atoms with Gasteiger partial charge in [-0.15, -0.1) is 0 Å². The molecule has 0 aliphatic rings. The molecule has 0 aromatic heterocycles. The molecule has 0 aromatic carbocycles. The van der Waals surface area contributed by atoms with Crippen molar-refractivity contribution in [2.75, 3.05) is 46.6 Å². The molecule has 0 radical (unpaired) electrons. The van der Waals surface area contributed by atoms with Crippen LogP contribution < -0.4 is 5.32 Å². The molecule has 0 unspecified atom stereocenters. The fraction of sp³-hybridized carbons (Fsp3) is 1.00. The molecule has 0 saturated carbocycles. The predicted octanol–water partition coefficient (Wildman–Crippen LogP) is 0.258. The predicted molar refractivity (Wildman–Crippen MR) is 56.4 cm³/mol. The van der Waals surface area contributed by atoms with Crippen molar-refractivity contribution in [2.24, 2.45) is 5.41 Å². The Balaban J connectivity index is 3.13. The highest BCUT2D eigenvalue weighted by atomic mass is 16.5. The summed E-state index contributed by atoms with van der Waals surface area (Å²) in [6.07, 6.45) is 0. The fourth-order valence-corrected chi connectivity index (χ4v) is 0.871. The third-order valence-corrected chi connectivity index (χ3v) is 1.89. The highest BCUT2D eigenvalue weighted by Crippen LogP contribution is 2.10. The lowest BCUT2D eigenvalue weighted by Gasteiger charge is -2.21. The number of aliphatic hydroxyl groups is 1. The zero-order valence-corrected chi connectivity index (χ0v) is 9.51. The van der Waals surface area contributed by atoms with Crippen LogP contribution >= 0.6 is 0 Å². The molecule has 4 heteroatoms. The molecule has 86 valence electrons. The highest BCUT2D eigenvalue weighted by Gasteiger charge is 2.14. The van der Waals surface area contributed by atoms with Crippen LogP contribution in [0.1, 0.15) is 13.8 Å². The molecule has 14 heavy (non-hydrogen) atoms. The van der Waals surface area contributed by atoms with E-state index in [0.29, 0.717) is 19.8 Å². The van der Waals surface area contributed by atoms with E-state index in [0.717, 1.165) is 13.1 Å². The first kappa shape index (κ1) is 13.8. The number of nitrogens with one attached hydrogen (secondary N) is 1. The van der Waals surface area contributed by atoms with Gasteiger partial charge < -0.3 is 19.9 Å². The summed E-state index contributed by atoms with van der Waals surface area (Å²) >= 11 is 0. The van der Waals surface area contributed by atoms with Crippen molar-refractivity contribution in [1.82, 2.24) is 5.32 Å². The molecule has 0 aliphatic heterocycles. The van der Waals surface area contributed by atoms with E-state index in [1.165, 1.54) is 0 Å². The summed E-state index contributed by atoms with van der Waals surface area (Å²) in [4.78, 5) is 0. The molecule has 0 bridgehead atoms. The minimum Gasteiger partial charge on any atom is -0.396 e. The van der Waals surface area contributed by atoms with Gasteiger partial charge in [0, 0.05) is 32.2 Å². The van der Waals surface area contributed by atoms with Crippen molar-refractivity contribution in [3.8, 4) is 0 Å². The molecule has 0 aliphatic carbocycles. The number of hydrogen-bond acceptors (Lipinski definition) is 4. The SMILES string of the molecule is COCCOCCNCC(C)(C)CO. The Labute approximate surface area is 86.6 Å². The monoisotopic (exact) mass is 205 g/mol. The summed E-state index contributed by atoms with van der Waals surface area (Å²) in [7, 11) is 1.66. The van der Waals surface area contributed by atoms with Gasteiger partial charge in [0.25, 0.3) is 0 Å². The van der Waals surface area contributed by atoms with E-state index in [9.17, 15) is 0 Å². The third kappa shape index (κ3) is 8.44. The zero-order chi connectivity index (χ0) is 10.9. The molecular weight excluding hydrogens is 182 g/mol. The molecule has 0 heterocycles. The summed E-state index contributed by atoms with van der Waals surface area (Å²) in [5, 5.41) is 12.2. The van der Waals surface area contributed by atoms with E-state index in [4.69, 9.17) is 14.6 Å². The van der Waals surface area contributed by atoms with E-state index in [1.54, 1.807) is 7.11 Å². The lowest BCUT2D eigenvalue weighted by atomic mass is 9.95. The van der Waals surface area contributed by atoms with E-state index in [-0.39, 0.29) is 12.0 Å². The van der Waals surface area contributed by atoms with E-state index in [1.807, 2.05) is 13.8 Å². The minimum absolute atomic E-state index is 0.0491. The average Bonchev–Trinajstić information content (AvgIpc) is 2.16. The van der Waals surface area contributed by atoms with Gasteiger partial charge in [0.15, 0.2) is 0 Å². The zero-order valence-electron chi connectivity index (χ0n) is 9.51. The first-order valence-electron chi connectivity index (χ1n) is 5.00. The van der Waals surface area contributed by atoms with Crippen molar-refractivity contribution in [3.63, 3.8) is 0 Å². The Bertz CT molecular complexity index is 129. The van der Waals surface area contributed by atoms with Crippen LogP contribution in [0.25, 0.3) is 0 Å². The summed E-state index contributed by atoms with van der Waals surface area (Å²) in [5.74, 6) is 0. The topological polar surface area (TPSA) is 50.7 Å². The highest BCUT2D eigenvalue weighted by molar-refractivity contribution is 4.69. The largest absolute Gasteiger partial charge is 0.396 e. The molecule has 0 fully saturated rings. The van der Waals surface area contributed by atoms with Gasteiger partial charge in [-0.2, -0.15) is 0 Å². The molecule has 0 spiro atoms. The molecule has 0 aromatic rings. The van der Waals surface area contributed by atoms with Crippen molar-refractivity contribution in [1.29, 1.82) is 0 Å². The number of hydrogen-bond donors (Lipinski definition) is 2. The summed E-state index contributed by atoms with van der Waals surface area (Å²) < 4.78 is 10.1. The number of methoxy groups -OCH3 is 1. The second kappa shape index (κ2) is 8.17. The van der Waals surface area contributed by atoms with Crippen molar-refractivity contribution >= 4 is 0 Å². The lowest BCUT2D eigenvalue weighted by molar-refractivity contribution is 0.0700. The standard InChI is InChI=1S/C10H23NO3/c1-10(2,9-12)8-11-4-5-14-7-6-13-3/h11-12H,4-9H2,1-3H3. The van der Waals surface area contributed by atoms with E-state index < -0.39 is 0 Å². The normalized spacial score (nSPS) is 12.0. The van der Waals surface area contributed by atoms with Crippen LogP contribution in [0.5, 0.6) is 0 Å². The first-order valence-corrected chi connectivity index (χ1v) is 5.00. The van der Waals surface area contributed by atoms with Crippen molar-refractivity contribution < 1.29 is 14.6 Å². The van der Waals surface area contributed by atoms with Crippen LogP contribution in [0.2, 0.25) is 0 Å². The third-order valence-electron chi connectivity index (χ3n) is 1.89. The Morgan fingerprint density at radius 2 is 1.93 bits per heavy atom. The second-order valence-corrected chi connectivity index (χ2v) is 4.10. The Morgan fingerprint density at radius 3 is 2.50 bits per heavy atom. The van der Waals surface area contributed by atoms with Crippen molar-refractivity contribution in [3.05, 3.63) is 0 Å². The number of rotatable bonds is 9. The van der Waals surface area contributed by atoms with Gasteiger partial charge in [0.2, 0.25) is 0 Å². The number of ether oxygens (including phenoxy) is 2. The quantitative estimate of drug-likeness (QED) is 0.530. The van der Waals surface area contributed by atoms with Gasteiger partial charge in [-0.3, -0.25) is 0 Å². The van der Waals surface area contributed by atoms with Crippen LogP contribution in [-0.2, 0) is 9.47 Å². The summed E-state index contributed by atoms with van der Waals surface area (Å²) in [6, 6.07) is 0. The Kier molecular flexibility index (Phi) is 8.08. The van der Waals surface area contributed by atoms with Gasteiger partial charge in [-0.25, -0.2) is 0 Å². The van der Waals surface area contributed by atoms with Crippen LogP contribution in [-0.4, -0.2) is 51.7 Å². The molecule has 2 N–H and O–H groups in total. The maximum atomic E-state index is 8.98. The lowest BCUT2D eigenvalue weighted by Crippen LogP contribution is -2.34. The molecule has 0 rings (SSSR count). The van der Waals surface area contributed by atoms with Gasteiger partial charge in [-0.1, -0.05) is 13.8 Å². The molecule has 4 nitrogen and oxygen atoms in total. The maximum Gasteiger partial charge on any atom is 0.0700 e. The van der Waals surface area contributed by atoms with Crippen LogP contribution in [0.4, 0.5) is 0 Å². The van der Waals surface area contributed by atoms with E-state index >= 15 is 0 Å². The molecule has 0 saturated heterocycles. The van der Waals surface area contributed by atoms with Gasteiger partial charge in [0.05, 0.1) is 19.8 Å². The first-order chi connectivity index (χ1) is 6.62. The molecule has 0 amide bonds. The summed E-state index contributed by atoms with van der Waals surface area (Å²) in [5.41, 5.74) is -0.0491. The summed E-state index contributed by atoms with van der Waals surface area (Å²) in [6.45, 7) is 7.82.